The van der Waals surface area contributed by atoms with E-state index >= 15 is 0 Å². The average molecular weight is 581 g/mol. The number of ether oxygens (including phenoxy) is 1. The normalized spacial score (nSPS) is 11.7. The van der Waals surface area contributed by atoms with Gasteiger partial charge in [-0.15, -0.1) is 0 Å². The van der Waals surface area contributed by atoms with Crippen molar-refractivity contribution in [3.63, 3.8) is 0 Å². The summed E-state index contributed by atoms with van der Waals surface area (Å²) >= 11 is 0. The number of amides is 2. The number of fused-ring (bicyclic) bond motifs is 1. The van der Waals surface area contributed by atoms with E-state index in [1.54, 1.807) is 30.3 Å². The number of carbonyl (C=O) groups excluding carboxylic acids is 1. The van der Waals surface area contributed by atoms with E-state index in [1.165, 1.54) is 18.2 Å². The lowest BCUT2D eigenvalue weighted by Gasteiger charge is -2.17. The van der Waals surface area contributed by atoms with E-state index in [0.717, 1.165) is 22.1 Å². The van der Waals surface area contributed by atoms with Gasteiger partial charge < -0.3 is 30.8 Å². The third kappa shape index (κ3) is 8.28. The number of hydrogen-bond acceptors (Lipinski definition) is 5. The molecule has 0 saturated carbocycles. The van der Waals surface area contributed by atoms with Crippen LogP contribution < -0.4 is 26.2 Å². The molecule has 220 valence electrons. The highest BCUT2D eigenvalue weighted by Crippen LogP contribution is 2.30. The van der Waals surface area contributed by atoms with Gasteiger partial charge in [-0.2, -0.15) is 0 Å². The number of H-pyrrole nitrogens is 1. The Kier molecular flexibility index (Phi) is 9.78. The number of aliphatic hydroxyl groups excluding tert-OH is 1. The summed E-state index contributed by atoms with van der Waals surface area (Å²) in [5.41, 5.74) is 4.46. The number of aliphatic hydroxyl groups is 1. The molecule has 1 aromatic heterocycles. The Balaban J connectivity index is 1.13. The quantitative estimate of drug-likeness (QED) is 0.126. The highest BCUT2D eigenvalue weighted by atomic mass is 19.1. The maximum atomic E-state index is 13.1. The number of halogens is 1. The van der Waals surface area contributed by atoms with Gasteiger partial charge in [-0.1, -0.05) is 60.7 Å². The molecule has 9 heteroatoms. The zero-order chi connectivity index (χ0) is 30.0. The van der Waals surface area contributed by atoms with Crippen LogP contribution in [0.1, 0.15) is 28.4 Å². The first-order valence-corrected chi connectivity index (χ1v) is 14.0. The SMILES string of the molecule is O=C(NCc1ccc(F)cc1)Nc1cccc(CCNC[C@H](O)c2ccc(OCc3ccccc3)c3[nH]c(=O)ccc23)c1. The molecular formula is C34H33FN4O4. The summed E-state index contributed by atoms with van der Waals surface area (Å²) in [6, 6.07) is 29.7. The molecule has 1 atom stereocenters. The van der Waals surface area contributed by atoms with Gasteiger partial charge >= 0.3 is 6.03 Å². The number of anilines is 1. The van der Waals surface area contributed by atoms with Crippen LogP contribution in [0.15, 0.2) is 108 Å². The largest absolute Gasteiger partial charge is 0.487 e. The van der Waals surface area contributed by atoms with Crippen molar-refractivity contribution in [3.8, 4) is 5.75 Å². The monoisotopic (exact) mass is 580 g/mol. The molecule has 0 spiro atoms. The van der Waals surface area contributed by atoms with E-state index in [-0.39, 0.29) is 24.0 Å². The second-order valence-electron chi connectivity index (χ2n) is 10.1. The molecule has 0 aliphatic rings. The van der Waals surface area contributed by atoms with Gasteiger partial charge in [0.25, 0.3) is 0 Å². The first-order chi connectivity index (χ1) is 20.9. The molecule has 5 N–H and O–H groups in total. The number of nitrogens with one attached hydrogen (secondary N) is 4. The molecular weight excluding hydrogens is 547 g/mol. The maximum absolute atomic E-state index is 13.1. The lowest BCUT2D eigenvalue weighted by Crippen LogP contribution is -2.28. The topological polar surface area (TPSA) is 115 Å². The van der Waals surface area contributed by atoms with Gasteiger partial charge in [0.15, 0.2) is 0 Å². The van der Waals surface area contributed by atoms with Gasteiger partial charge in [-0.25, -0.2) is 9.18 Å². The number of hydrogen-bond donors (Lipinski definition) is 5. The van der Waals surface area contributed by atoms with Crippen molar-refractivity contribution in [2.24, 2.45) is 0 Å². The minimum atomic E-state index is -0.811. The molecule has 43 heavy (non-hydrogen) atoms. The zero-order valence-corrected chi connectivity index (χ0v) is 23.5. The zero-order valence-electron chi connectivity index (χ0n) is 23.5. The first kappa shape index (κ1) is 29.5. The summed E-state index contributed by atoms with van der Waals surface area (Å²) in [7, 11) is 0. The molecule has 0 aliphatic carbocycles. The van der Waals surface area contributed by atoms with Crippen molar-refractivity contribution in [2.75, 3.05) is 18.4 Å². The Hall–Kier alpha value is -4.99. The fraction of sp³-hybridized carbons (Fsp3) is 0.176. The van der Waals surface area contributed by atoms with E-state index in [1.807, 2.05) is 54.6 Å². The molecule has 0 unspecified atom stereocenters. The van der Waals surface area contributed by atoms with Crippen LogP contribution in [-0.4, -0.2) is 29.2 Å². The number of benzene rings is 4. The highest BCUT2D eigenvalue weighted by molar-refractivity contribution is 5.89. The van der Waals surface area contributed by atoms with Crippen molar-refractivity contribution in [1.29, 1.82) is 0 Å². The van der Waals surface area contributed by atoms with Crippen molar-refractivity contribution >= 4 is 22.6 Å². The Bertz CT molecular complexity index is 1720. The van der Waals surface area contributed by atoms with E-state index in [0.29, 0.717) is 48.6 Å². The van der Waals surface area contributed by atoms with Gasteiger partial charge in [0, 0.05) is 30.2 Å². The summed E-state index contributed by atoms with van der Waals surface area (Å²) in [6.45, 7) is 1.55. The maximum Gasteiger partial charge on any atom is 0.319 e. The standard InChI is InChI=1S/C34H33FN4O4/c35-26-11-9-24(10-12-26)20-37-34(42)38-27-8-4-7-23(19-27)17-18-36-21-30(40)28-13-15-31(33-29(28)14-16-32(41)39-33)43-22-25-5-2-1-3-6-25/h1-16,19,30,36,40H,17-18,20-22H2,(H,39,41)(H2,37,38,42)/t30-/m0/s1. The highest BCUT2D eigenvalue weighted by Gasteiger charge is 2.15. The Morgan fingerprint density at radius 1 is 0.884 bits per heavy atom. The van der Waals surface area contributed by atoms with Crippen molar-refractivity contribution < 1.29 is 19.0 Å². The minimum Gasteiger partial charge on any atom is -0.487 e. The predicted molar refractivity (Wildman–Crippen MR) is 166 cm³/mol. The minimum absolute atomic E-state index is 0.246. The molecule has 0 aliphatic heterocycles. The fourth-order valence-corrected chi connectivity index (χ4v) is 4.74. The molecule has 0 saturated heterocycles. The summed E-state index contributed by atoms with van der Waals surface area (Å²) in [6.07, 6.45) is -0.130. The number of aromatic nitrogens is 1. The number of urea groups is 1. The molecule has 2 amide bonds. The van der Waals surface area contributed by atoms with Gasteiger partial charge in [0.2, 0.25) is 5.56 Å². The van der Waals surface area contributed by atoms with Crippen LogP contribution in [0.3, 0.4) is 0 Å². The van der Waals surface area contributed by atoms with Crippen LogP contribution in [0.5, 0.6) is 5.75 Å². The van der Waals surface area contributed by atoms with Gasteiger partial charge in [-0.05, 0) is 71.6 Å². The molecule has 5 aromatic rings. The summed E-state index contributed by atoms with van der Waals surface area (Å²) in [5.74, 6) is 0.220. The van der Waals surface area contributed by atoms with Gasteiger partial charge in [0.05, 0.1) is 11.6 Å². The van der Waals surface area contributed by atoms with Crippen LogP contribution in [0.4, 0.5) is 14.9 Å². The van der Waals surface area contributed by atoms with E-state index in [4.69, 9.17) is 4.74 Å². The molecule has 0 fully saturated rings. The molecule has 5 rings (SSSR count). The number of rotatable bonds is 12. The smallest absolute Gasteiger partial charge is 0.319 e. The summed E-state index contributed by atoms with van der Waals surface area (Å²) < 4.78 is 19.1. The third-order valence-corrected chi connectivity index (χ3v) is 6.97. The fourth-order valence-electron chi connectivity index (χ4n) is 4.74. The molecule has 0 bridgehead atoms. The van der Waals surface area contributed by atoms with Crippen LogP contribution >= 0.6 is 0 Å². The lowest BCUT2D eigenvalue weighted by atomic mass is 10.0. The van der Waals surface area contributed by atoms with Crippen LogP contribution in [-0.2, 0) is 19.6 Å². The second kappa shape index (κ2) is 14.3. The van der Waals surface area contributed by atoms with Crippen molar-refractivity contribution in [3.05, 3.63) is 142 Å². The van der Waals surface area contributed by atoms with Crippen LogP contribution in [0.25, 0.3) is 10.9 Å². The molecule has 4 aromatic carbocycles. The van der Waals surface area contributed by atoms with E-state index < -0.39 is 6.10 Å². The van der Waals surface area contributed by atoms with Crippen molar-refractivity contribution in [2.45, 2.75) is 25.7 Å². The summed E-state index contributed by atoms with van der Waals surface area (Å²) in [4.78, 5) is 27.3. The Morgan fingerprint density at radius 3 is 2.49 bits per heavy atom. The molecule has 1 heterocycles. The van der Waals surface area contributed by atoms with E-state index in [9.17, 15) is 19.1 Å². The van der Waals surface area contributed by atoms with E-state index in [2.05, 4.69) is 20.9 Å². The average Bonchev–Trinajstić information content (AvgIpc) is 3.02. The third-order valence-electron chi connectivity index (χ3n) is 6.97. The summed E-state index contributed by atoms with van der Waals surface area (Å²) in [5, 5.41) is 20.6. The second-order valence-corrected chi connectivity index (χ2v) is 10.1. The Morgan fingerprint density at radius 2 is 1.67 bits per heavy atom. The lowest BCUT2D eigenvalue weighted by molar-refractivity contribution is 0.176. The number of aromatic amines is 1. The number of pyridine rings is 1. The first-order valence-electron chi connectivity index (χ1n) is 14.0. The number of carbonyl (C=O) groups is 1. The van der Waals surface area contributed by atoms with Crippen LogP contribution in [0, 0.1) is 5.82 Å². The van der Waals surface area contributed by atoms with Gasteiger partial charge in [-0.3, -0.25) is 4.79 Å². The van der Waals surface area contributed by atoms with Crippen molar-refractivity contribution in [1.82, 2.24) is 15.6 Å². The Labute approximate surface area is 248 Å². The molecule has 0 radical (unpaired) electrons. The molecule has 8 nitrogen and oxygen atoms in total. The predicted octanol–water partition coefficient (Wildman–Crippen LogP) is 5.43. The van der Waals surface area contributed by atoms with Gasteiger partial charge in [0.1, 0.15) is 18.2 Å². The van der Waals surface area contributed by atoms with Crippen LogP contribution in [0.2, 0.25) is 0 Å².